The number of thioether (sulfide) groups is 2. The Hall–Kier alpha value is -1.72. The average Bonchev–Trinajstić information content (AvgIpc) is 2.74. The van der Waals surface area contributed by atoms with Crippen molar-refractivity contribution < 1.29 is 19.5 Å². The van der Waals surface area contributed by atoms with Crippen LogP contribution >= 0.6 is 46.1 Å². The maximum Gasteiger partial charge on any atom is 0.322 e. The molecule has 0 radical (unpaired) electrons. The summed E-state index contributed by atoms with van der Waals surface area (Å²) in [5.41, 5.74) is 0.883. The number of rotatable bonds is 6. The number of hydrogen-bond acceptors (Lipinski definition) is 5. The van der Waals surface area contributed by atoms with E-state index in [-0.39, 0.29) is 30.2 Å². The number of fused-ring (bicyclic) bond motifs is 1. The van der Waals surface area contributed by atoms with Gasteiger partial charge in [0.25, 0.3) is 0 Å². The summed E-state index contributed by atoms with van der Waals surface area (Å²) in [6.45, 7) is 0.125. The van der Waals surface area contributed by atoms with Crippen LogP contribution in [0.15, 0.2) is 59.5 Å². The van der Waals surface area contributed by atoms with Gasteiger partial charge in [0, 0.05) is 20.8 Å². The molecule has 2 fully saturated rings. The lowest BCUT2D eigenvalue weighted by atomic mass is 10.0. The number of carbonyl (C=O) groups excluding carboxylic acids is 2. The summed E-state index contributed by atoms with van der Waals surface area (Å²) >= 11 is 4.91. The van der Waals surface area contributed by atoms with Crippen LogP contribution in [-0.2, 0) is 20.8 Å². The zero-order valence-corrected chi connectivity index (χ0v) is 19.6. The molecule has 3 atom stereocenters. The first kappa shape index (κ1) is 21.5. The average molecular weight is 554 g/mol. The third kappa shape index (κ3) is 4.19. The van der Waals surface area contributed by atoms with E-state index in [0.717, 1.165) is 14.0 Å². The van der Waals surface area contributed by atoms with Crippen LogP contribution in [0.25, 0.3) is 0 Å². The topological polar surface area (TPSA) is 86.7 Å². The SMILES string of the molecule is O=C(Cc1ccccc1)N[C@@H]1C(=O)N2CC(Sc3ccccc3I)(C(=O)O)CS[C@H]12. The first-order chi connectivity index (χ1) is 14.4. The molecule has 6 nitrogen and oxygen atoms in total. The van der Waals surface area contributed by atoms with E-state index in [1.807, 2.05) is 54.6 Å². The Morgan fingerprint density at radius 2 is 1.90 bits per heavy atom. The van der Waals surface area contributed by atoms with E-state index in [9.17, 15) is 19.5 Å². The molecule has 30 heavy (non-hydrogen) atoms. The van der Waals surface area contributed by atoms with Crippen LogP contribution in [0.5, 0.6) is 0 Å². The molecule has 0 bridgehead atoms. The number of aliphatic carboxylic acids is 1. The zero-order valence-electron chi connectivity index (χ0n) is 15.8. The highest BCUT2D eigenvalue weighted by atomic mass is 127. The highest BCUT2D eigenvalue weighted by Crippen LogP contribution is 2.47. The van der Waals surface area contributed by atoms with E-state index in [2.05, 4.69) is 27.9 Å². The van der Waals surface area contributed by atoms with Gasteiger partial charge in [-0.3, -0.25) is 14.4 Å². The van der Waals surface area contributed by atoms with Gasteiger partial charge in [0.1, 0.15) is 16.2 Å². The monoisotopic (exact) mass is 554 g/mol. The molecule has 156 valence electrons. The van der Waals surface area contributed by atoms with Crippen LogP contribution in [0.1, 0.15) is 5.56 Å². The number of amides is 2. The summed E-state index contributed by atoms with van der Waals surface area (Å²) in [4.78, 5) is 39.7. The molecule has 0 aliphatic carbocycles. The Kier molecular flexibility index (Phi) is 6.31. The van der Waals surface area contributed by atoms with Gasteiger partial charge in [-0.2, -0.15) is 0 Å². The summed E-state index contributed by atoms with van der Waals surface area (Å²) in [7, 11) is 0. The fraction of sp³-hybridized carbons (Fsp3) is 0.286. The second-order valence-electron chi connectivity index (χ2n) is 7.21. The second-order valence-corrected chi connectivity index (χ2v) is 10.9. The fourth-order valence-corrected chi connectivity index (χ4v) is 7.10. The summed E-state index contributed by atoms with van der Waals surface area (Å²) in [5, 5.41) is 12.6. The smallest absolute Gasteiger partial charge is 0.322 e. The van der Waals surface area contributed by atoms with Gasteiger partial charge in [0.05, 0.1) is 6.42 Å². The first-order valence-corrected chi connectivity index (χ1v) is 12.3. The van der Waals surface area contributed by atoms with E-state index in [4.69, 9.17) is 0 Å². The maximum atomic E-state index is 12.7. The van der Waals surface area contributed by atoms with Crippen LogP contribution in [0.2, 0.25) is 0 Å². The van der Waals surface area contributed by atoms with Gasteiger partial charge in [-0.15, -0.1) is 23.5 Å². The Morgan fingerprint density at radius 1 is 1.20 bits per heavy atom. The number of β-lactam (4-membered cyclic amide) rings is 1. The van der Waals surface area contributed by atoms with Gasteiger partial charge in [0.2, 0.25) is 11.8 Å². The minimum absolute atomic E-state index is 0.125. The van der Waals surface area contributed by atoms with Crippen molar-refractivity contribution in [1.82, 2.24) is 10.2 Å². The van der Waals surface area contributed by atoms with Crippen molar-refractivity contribution in [1.29, 1.82) is 0 Å². The molecule has 2 aromatic carbocycles. The van der Waals surface area contributed by atoms with E-state index in [1.54, 1.807) is 4.90 Å². The number of nitrogens with zero attached hydrogens (tertiary/aromatic N) is 1. The quantitative estimate of drug-likeness (QED) is 0.422. The van der Waals surface area contributed by atoms with Crippen LogP contribution in [-0.4, -0.2) is 56.3 Å². The Morgan fingerprint density at radius 3 is 2.60 bits per heavy atom. The predicted octanol–water partition coefficient (Wildman–Crippen LogP) is 2.85. The van der Waals surface area contributed by atoms with Crippen molar-refractivity contribution in [3.63, 3.8) is 0 Å². The molecule has 2 saturated heterocycles. The molecule has 1 unspecified atom stereocenters. The lowest BCUT2D eigenvalue weighted by Gasteiger charge is -2.53. The standard InChI is InChI=1S/C21H19IN2O4S2/c22-14-8-4-5-9-15(14)30-21(20(27)28)11-24-18(26)17(19(24)29-12-21)23-16(25)10-13-6-2-1-3-7-13/h1-9,17,19H,10-12H2,(H,23,25)(H,27,28)/t17-,19-,21?/m1/s1. The largest absolute Gasteiger partial charge is 0.480 e. The number of carboxylic acids is 1. The predicted molar refractivity (Wildman–Crippen MR) is 125 cm³/mol. The van der Waals surface area contributed by atoms with Crippen molar-refractivity contribution in [3.05, 3.63) is 63.7 Å². The van der Waals surface area contributed by atoms with E-state index in [1.165, 1.54) is 23.5 Å². The number of halogens is 1. The lowest BCUT2D eigenvalue weighted by molar-refractivity contribution is -0.152. The van der Waals surface area contributed by atoms with Crippen molar-refractivity contribution in [2.45, 2.75) is 27.5 Å². The Labute approximate surface area is 196 Å². The molecule has 2 aliphatic heterocycles. The molecule has 4 rings (SSSR count). The number of carboxylic acid groups (broad SMARTS) is 1. The molecule has 0 saturated carbocycles. The van der Waals surface area contributed by atoms with E-state index >= 15 is 0 Å². The van der Waals surface area contributed by atoms with Gasteiger partial charge in [0.15, 0.2) is 0 Å². The van der Waals surface area contributed by atoms with Gasteiger partial charge >= 0.3 is 5.97 Å². The first-order valence-electron chi connectivity index (χ1n) is 9.32. The van der Waals surface area contributed by atoms with Crippen LogP contribution in [0.4, 0.5) is 0 Å². The molecule has 2 amide bonds. The maximum absolute atomic E-state index is 12.7. The highest BCUT2D eigenvalue weighted by molar-refractivity contribution is 14.1. The summed E-state index contributed by atoms with van der Waals surface area (Å²) in [5.74, 6) is -0.995. The van der Waals surface area contributed by atoms with Gasteiger partial charge < -0.3 is 15.3 Å². The second kappa shape index (κ2) is 8.80. The molecule has 2 aromatic rings. The summed E-state index contributed by atoms with van der Waals surface area (Å²) in [6.07, 6.45) is 0.212. The molecular formula is C21H19IN2O4S2. The minimum atomic E-state index is -1.11. The van der Waals surface area contributed by atoms with E-state index in [0.29, 0.717) is 5.75 Å². The number of carbonyl (C=O) groups is 3. The van der Waals surface area contributed by atoms with Crippen molar-refractivity contribution >= 4 is 63.9 Å². The summed E-state index contributed by atoms with van der Waals surface area (Å²) in [6, 6.07) is 16.4. The van der Waals surface area contributed by atoms with Crippen LogP contribution in [0.3, 0.4) is 0 Å². The third-order valence-corrected chi connectivity index (χ3v) is 9.54. The summed E-state index contributed by atoms with van der Waals surface area (Å²) < 4.78 is -0.134. The Bertz CT molecular complexity index is 990. The number of nitrogens with one attached hydrogen (secondary N) is 1. The van der Waals surface area contributed by atoms with Gasteiger partial charge in [-0.25, -0.2) is 0 Å². The minimum Gasteiger partial charge on any atom is -0.480 e. The van der Waals surface area contributed by atoms with Crippen molar-refractivity contribution in [2.24, 2.45) is 0 Å². The van der Waals surface area contributed by atoms with Gasteiger partial charge in [-0.1, -0.05) is 42.5 Å². The van der Waals surface area contributed by atoms with Crippen LogP contribution in [0, 0.1) is 3.57 Å². The molecule has 2 heterocycles. The fourth-order valence-electron chi connectivity index (χ4n) is 3.53. The van der Waals surface area contributed by atoms with Crippen LogP contribution < -0.4 is 5.32 Å². The molecule has 0 spiro atoms. The molecule has 9 heteroatoms. The molecule has 2 N–H and O–H groups in total. The van der Waals surface area contributed by atoms with E-state index < -0.39 is 16.8 Å². The van der Waals surface area contributed by atoms with Gasteiger partial charge in [-0.05, 0) is 40.3 Å². The lowest BCUT2D eigenvalue weighted by Crippen LogP contribution is -2.74. The molecule has 2 aliphatic rings. The zero-order chi connectivity index (χ0) is 21.3. The highest BCUT2D eigenvalue weighted by Gasteiger charge is 2.58. The third-order valence-electron chi connectivity index (χ3n) is 5.11. The molecule has 0 aromatic heterocycles. The molecular weight excluding hydrogens is 535 g/mol. The normalized spacial score (nSPS) is 25.2. The number of benzene rings is 2. The Balaban J connectivity index is 1.42. The number of hydrogen-bond donors (Lipinski definition) is 2. The van der Waals surface area contributed by atoms with Crippen molar-refractivity contribution in [2.75, 3.05) is 12.3 Å². The van der Waals surface area contributed by atoms with Crippen molar-refractivity contribution in [3.8, 4) is 0 Å².